The molecule has 0 aromatic heterocycles. The number of para-hydroxylation sites is 2. The number of methoxy groups -OCH3 is 1. The Morgan fingerprint density at radius 2 is 1.75 bits per heavy atom. The van der Waals surface area contributed by atoms with Crippen molar-refractivity contribution in [2.45, 2.75) is 18.4 Å². The van der Waals surface area contributed by atoms with Gasteiger partial charge in [0.2, 0.25) is 10.0 Å². The number of fused-ring (bicyclic) bond motifs is 1. The summed E-state index contributed by atoms with van der Waals surface area (Å²) < 4.78 is 38.9. The second-order valence-electron chi connectivity index (χ2n) is 7.42. The molecule has 0 fully saturated rings. The number of carbonyl (C=O) groups excluding carboxylic acids is 1. The predicted octanol–water partition coefficient (Wildman–Crippen LogP) is 3.11. The lowest BCUT2D eigenvalue weighted by Gasteiger charge is -2.34. The van der Waals surface area contributed by atoms with Crippen molar-refractivity contribution in [1.29, 1.82) is 0 Å². The number of hydrogen-bond donors (Lipinski definition) is 1. The van der Waals surface area contributed by atoms with Crippen LogP contribution in [-0.4, -0.2) is 34.1 Å². The molecule has 4 rings (SSSR count). The zero-order valence-electron chi connectivity index (χ0n) is 17.6. The van der Waals surface area contributed by atoms with Gasteiger partial charge in [-0.2, -0.15) is 0 Å². The minimum absolute atomic E-state index is 0.101. The summed E-state index contributed by atoms with van der Waals surface area (Å²) in [5, 5.41) is 2.83. The molecule has 3 aromatic rings. The van der Waals surface area contributed by atoms with Crippen molar-refractivity contribution in [2.24, 2.45) is 0 Å². The molecule has 3 aromatic carbocycles. The van der Waals surface area contributed by atoms with Crippen LogP contribution in [0.15, 0.2) is 78.9 Å². The first kappa shape index (κ1) is 21.7. The Hall–Kier alpha value is -3.52. The summed E-state index contributed by atoms with van der Waals surface area (Å²) in [5.74, 6) is 0.497. The SMILES string of the molecule is COc1cccc(CNC(=O)C2CN(S(=O)(=O)Cc3ccccc3)c3ccccc3O2)c1. The van der Waals surface area contributed by atoms with Crippen molar-refractivity contribution < 1.29 is 22.7 Å². The fourth-order valence-corrected chi connectivity index (χ4v) is 5.13. The monoisotopic (exact) mass is 452 g/mol. The van der Waals surface area contributed by atoms with Gasteiger partial charge in [-0.25, -0.2) is 8.42 Å². The molecule has 0 radical (unpaired) electrons. The standard InChI is InChI=1S/C24H24N2O5S/c1-30-20-11-7-10-19(14-20)15-25-24(27)23-16-26(21-12-5-6-13-22(21)31-23)32(28,29)17-18-8-3-2-4-9-18/h2-14,23H,15-17H2,1H3,(H,25,27). The summed E-state index contributed by atoms with van der Waals surface area (Å²) in [6.07, 6.45) is -0.971. The molecule has 0 saturated heterocycles. The smallest absolute Gasteiger partial charge is 0.263 e. The van der Waals surface area contributed by atoms with E-state index in [1.807, 2.05) is 30.3 Å². The van der Waals surface area contributed by atoms with Crippen LogP contribution in [-0.2, 0) is 27.1 Å². The molecule has 0 spiro atoms. The second kappa shape index (κ2) is 9.32. The van der Waals surface area contributed by atoms with E-state index >= 15 is 0 Å². The van der Waals surface area contributed by atoms with Crippen LogP contribution < -0.4 is 19.1 Å². The van der Waals surface area contributed by atoms with Crippen LogP contribution in [0.1, 0.15) is 11.1 Å². The molecule has 1 atom stereocenters. The number of anilines is 1. The van der Waals surface area contributed by atoms with Gasteiger partial charge >= 0.3 is 0 Å². The van der Waals surface area contributed by atoms with E-state index in [2.05, 4.69) is 5.32 Å². The Bertz CT molecular complexity index is 1200. The molecule has 1 heterocycles. The number of hydrogen-bond acceptors (Lipinski definition) is 5. The van der Waals surface area contributed by atoms with E-state index in [-0.39, 0.29) is 24.7 Å². The van der Waals surface area contributed by atoms with Crippen LogP contribution in [0.2, 0.25) is 0 Å². The van der Waals surface area contributed by atoms with E-state index < -0.39 is 16.1 Å². The number of nitrogens with zero attached hydrogens (tertiary/aromatic N) is 1. The first-order valence-electron chi connectivity index (χ1n) is 10.2. The zero-order valence-corrected chi connectivity index (χ0v) is 18.4. The zero-order chi connectivity index (χ0) is 22.6. The lowest BCUT2D eigenvalue weighted by atomic mass is 10.2. The average molecular weight is 453 g/mol. The van der Waals surface area contributed by atoms with Crippen LogP contribution in [0.5, 0.6) is 11.5 Å². The Morgan fingerprint density at radius 1 is 1.03 bits per heavy atom. The van der Waals surface area contributed by atoms with Gasteiger partial charge in [0.25, 0.3) is 5.91 Å². The van der Waals surface area contributed by atoms with Crippen molar-refractivity contribution in [3.63, 3.8) is 0 Å². The van der Waals surface area contributed by atoms with Crippen molar-refractivity contribution in [3.05, 3.63) is 90.0 Å². The summed E-state index contributed by atoms with van der Waals surface area (Å²) in [6, 6.07) is 23.2. The Balaban J connectivity index is 1.53. The van der Waals surface area contributed by atoms with E-state index in [9.17, 15) is 13.2 Å². The van der Waals surface area contributed by atoms with Gasteiger partial charge in [-0.3, -0.25) is 9.10 Å². The van der Waals surface area contributed by atoms with E-state index in [0.717, 1.165) is 5.56 Å². The molecule has 0 bridgehead atoms. The molecule has 7 nitrogen and oxygen atoms in total. The number of rotatable bonds is 7. The highest BCUT2D eigenvalue weighted by Crippen LogP contribution is 2.35. The predicted molar refractivity (Wildman–Crippen MR) is 122 cm³/mol. The minimum Gasteiger partial charge on any atom is -0.497 e. The Kier molecular flexibility index (Phi) is 6.32. The Labute approximate surface area is 187 Å². The molecule has 1 aliphatic heterocycles. The van der Waals surface area contributed by atoms with Gasteiger partial charge in [-0.15, -0.1) is 0 Å². The van der Waals surface area contributed by atoms with Gasteiger partial charge in [0, 0.05) is 6.54 Å². The second-order valence-corrected chi connectivity index (χ2v) is 9.31. The number of nitrogens with one attached hydrogen (secondary N) is 1. The van der Waals surface area contributed by atoms with Gasteiger partial charge < -0.3 is 14.8 Å². The van der Waals surface area contributed by atoms with Gasteiger partial charge in [0.1, 0.15) is 11.5 Å². The molecule has 0 aliphatic carbocycles. The third kappa shape index (κ3) is 4.86. The molecule has 0 saturated carbocycles. The molecular weight excluding hydrogens is 428 g/mol. The van der Waals surface area contributed by atoms with Crippen molar-refractivity contribution >= 4 is 21.6 Å². The largest absolute Gasteiger partial charge is 0.497 e. The summed E-state index contributed by atoms with van der Waals surface area (Å²) >= 11 is 0. The van der Waals surface area contributed by atoms with E-state index in [0.29, 0.717) is 22.7 Å². The maximum absolute atomic E-state index is 13.3. The highest BCUT2D eigenvalue weighted by atomic mass is 32.2. The summed E-state index contributed by atoms with van der Waals surface area (Å²) in [7, 11) is -2.16. The Morgan fingerprint density at radius 3 is 2.53 bits per heavy atom. The quantitative estimate of drug-likeness (QED) is 0.596. The number of sulfonamides is 1. The summed E-state index contributed by atoms with van der Waals surface area (Å²) in [4.78, 5) is 12.9. The molecule has 8 heteroatoms. The maximum atomic E-state index is 13.3. The highest BCUT2D eigenvalue weighted by Gasteiger charge is 2.36. The van der Waals surface area contributed by atoms with E-state index in [4.69, 9.17) is 9.47 Å². The van der Waals surface area contributed by atoms with Crippen molar-refractivity contribution in [1.82, 2.24) is 5.32 Å². The first-order valence-corrected chi connectivity index (χ1v) is 11.8. The molecule has 166 valence electrons. The van der Waals surface area contributed by atoms with Crippen LogP contribution in [0.25, 0.3) is 0 Å². The normalized spacial score (nSPS) is 15.4. The number of ether oxygens (including phenoxy) is 2. The lowest BCUT2D eigenvalue weighted by Crippen LogP contribution is -2.50. The van der Waals surface area contributed by atoms with E-state index in [1.54, 1.807) is 55.6 Å². The minimum atomic E-state index is -3.74. The fraction of sp³-hybridized carbons (Fsp3) is 0.208. The number of benzene rings is 3. The highest BCUT2D eigenvalue weighted by molar-refractivity contribution is 7.92. The van der Waals surface area contributed by atoms with Crippen LogP contribution in [0.3, 0.4) is 0 Å². The molecule has 1 N–H and O–H groups in total. The number of amides is 1. The lowest BCUT2D eigenvalue weighted by molar-refractivity contribution is -0.127. The summed E-state index contributed by atoms with van der Waals surface area (Å²) in [6.45, 7) is 0.171. The number of carbonyl (C=O) groups is 1. The molecule has 32 heavy (non-hydrogen) atoms. The summed E-state index contributed by atoms with van der Waals surface area (Å²) in [5.41, 5.74) is 1.97. The van der Waals surface area contributed by atoms with Crippen molar-refractivity contribution in [2.75, 3.05) is 18.0 Å². The van der Waals surface area contributed by atoms with Crippen molar-refractivity contribution in [3.8, 4) is 11.5 Å². The van der Waals surface area contributed by atoms with E-state index in [1.165, 1.54) is 4.31 Å². The third-order valence-corrected chi connectivity index (χ3v) is 6.87. The average Bonchev–Trinajstić information content (AvgIpc) is 2.82. The topological polar surface area (TPSA) is 84.9 Å². The molecule has 1 aliphatic rings. The van der Waals surface area contributed by atoms with Crippen LogP contribution >= 0.6 is 0 Å². The van der Waals surface area contributed by atoms with Crippen LogP contribution in [0.4, 0.5) is 5.69 Å². The van der Waals surface area contributed by atoms with Gasteiger partial charge in [0.05, 0.1) is 25.1 Å². The third-order valence-electron chi connectivity index (χ3n) is 5.16. The van der Waals surface area contributed by atoms with Crippen LogP contribution in [0, 0.1) is 0 Å². The molecule has 1 amide bonds. The first-order chi connectivity index (χ1) is 15.5. The van der Waals surface area contributed by atoms with Gasteiger partial charge in [-0.1, -0.05) is 54.6 Å². The molecular formula is C24H24N2O5S. The maximum Gasteiger partial charge on any atom is 0.263 e. The molecule has 1 unspecified atom stereocenters. The van der Waals surface area contributed by atoms with Gasteiger partial charge in [0.15, 0.2) is 6.10 Å². The fourth-order valence-electron chi connectivity index (χ4n) is 3.55. The van der Waals surface area contributed by atoms with Gasteiger partial charge in [-0.05, 0) is 35.4 Å².